The van der Waals surface area contributed by atoms with E-state index in [9.17, 15) is 9.59 Å². The number of fused-ring (bicyclic) bond motifs is 1. The van der Waals surface area contributed by atoms with E-state index in [1.807, 2.05) is 0 Å². The van der Waals surface area contributed by atoms with Crippen LogP contribution in [0.4, 0.5) is 0 Å². The molecular formula is C15H10O3. The second-order valence-corrected chi connectivity index (χ2v) is 4.11. The first-order valence-corrected chi connectivity index (χ1v) is 5.66. The summed E-state index contributed by atoms with van der Waals surface area (Å²) in [6.07, 6.45) is 7.71. The van der Waals surface area contributed by atoms with E-state index < -0.39 is 6.10 Å². The minimum absolute atomic E-state index is 0.143. The monoisotopic (exact) mass is 238 g/mol. The fraction of sp³-hybridized carbons (Fsp3) is 0.0667. The van der Waals surface area contributed by atoms with E-state index in [2.05, 4.69) is 0 Å². The molecule has 1 aromatic rings. The Morgan fingerprint density at radius 2 is 1.78 bits per heavy atom. The molecule has 1 aromatic carbocycles. The molecule has 0 bridgehead atoms. The average Bonchev–Trinajstić information content (AvgIpc) is 2.44. The maximum Gasteiger partial charge on any atom is 0.193 e. The predicted molar refractivity (Wildman–Crippen MR) is 66.3 cm³/mol. The van der Waals surface area contributed by atoms with Crippen LogP contribution in [0, 0.1) is 0 Å². The normalized spacial score (nSPS) is 21.3. The van der Waals surface area contributed by atoms with Crippen molar-refractivity contribution in [3.63, 3.8) is 0 Å². The Morgan fingerprint density at radius 1 is 1.00 bits per heavy atom. The number of allylic oxidation sites excluding steroid dienone is 3. The SMILES string of the molecule is O=C1C=C(C2C=CC=CO2)C(=O)c2ccccc21. The van der Waals surface area contributed by atoms with Gasteiger partial charge in [-0.3, -0.25) is 9.59 Å². The Kier molecular flexibility index (Phi) is 2.45. The molecule has 2 aliphatic rings. The largest absolute Gasteiger partial charge is 0.489 e. The summed E-state index contributed by atoms with van der Waals surface area (Å²) in [5.74, 6) is -0.290. The zero-order chi connectivity index (χ0) is 12.5. The number of hydrogen-bond donors (Lipinski definition) is 0. The van der Waals surface area contributed by atoms with Gasteiger partial charge in [-0.1, -0.05) is 30.3 Å². The van der Waals surface area contributed by atoms with Gasteiger partial charge >= 0.3 is 0 Å². The summed E-state index contributed by atoms with van der Waals surface area (Å²) in [4.78, 5) is 24.3. The van der Waals surface area contributed by atoms with E-state index in [-0.39, 0.29) is 11.6 Å². The number of ketones is 2. The summed E-state index contributed by atoms with van der Waals surface area (Å²) >= 11 is 0. The van der Waals surface area contributed by atoms with Crippen molar-refractivity contribution in [1.29, 1.82) is 0 Å². The lowest BCUT2D eigenvalue weighted by Gasteiger charge is -2.21. The van der Waals surface area contributed by atoms with Gasteiger partial charge in [-0.2, -0.15) is 0 Å². The highest BCUT2D eigenvalue weighted by atomic mass is 16.5. The molecule has 1 aliphatic carbocycles. The lowest BCUT2D eigenvalue weighted by atomic mass is 9.87. The van der Waals surface area contributed by atoms with Gasteiger partial charge < -0.3 is 4.74 Å². The molecule has 1 unspecified atom stereocenters. The molecule has 0 amide bonds. The lowest BCUT2D eigenvalue weighted by Crippen LogP contribution is -2.25. The molecule has 3 rings (SSSR count). The minimum Gasteiger partial charge on any atom is -0.489 e. The van der Waals surface area contributed by atoms with Crippen LogP contribution in [0.5, 0.6) is 0 Å². The van der Waals surface area contributed by atoms with Gasteiger partial charge in [0.1, 0.15) is 6.10 Å². The summed E-state index contributed by atoms with van der Waals surface area (Å²) in [5.41, 5.74) is 1.30. The van der Waals surface area contributed by atoms with Crippen LogP contribution in [0.1, 0.15) is 20.7 Å². The van der Waals surface area contributed by atoms with Gasteiger partial charge in [-0.15, -0.1) is 0 Å². The maximum atomic E-state index is 12.3. The molecule has 1 aliphatic heterocycles. The fourth-order valence-corrected chi connectivity index (χ4v) is 2.11. The van der Waals surface area contributed by atoms with Crippen LogP contribution < -0.4 is 0 Å². The molecule has 1 heterocycles. The van der Waals surface area contributed by atoms with E-state index in [0.29, 0.717) is 16.7 Å². The number of benzene rings is 1. The molecule has 0 aromatic heterocycles. The van der Waals surface area contributed by atoms with Gasteiger partial charge in [0, 0.05) is 16.7 Å². The van der Waals surface area contributed by atoms with Crippen LogP contribution in [0.25, 0.3) is 0 Å². The quantitative estimate of drug-likeness (QED) is 0.754. The van der Waals surface area contributed by atoms with E-state index in [1.54, 1.807) is 42.5 Å². The van der Waals surface area contributed by atoms with E-state index in [1.165, 1.54) is 12.3 Å². The number of ether oxygens (including phenoxy) is 1. The van der Waals surface area contributed by atoms with Crippen LogP contribution in [0.3, 0.4) is 0 Å². The first-order valence-electron chi connectivity index (χ1n) is 5.66. The maximum absolute atomic E-state index is 12.3. The van der Waals surface area contributed by atoms with Crippen molar-refractivity contribution in [2.24, 2.45) is 0 Å². The number of carbonyl (C=O) groups excluding carboxylic acids is 2. The van der Waals surface area contributed by atoms with Crippen molar-refractivity contribution >= 4 is 11.6 Å². The summed E-state index contributed by atoms with van der Waals surface area (Å²) in [6, 6.07) is 6.85. The van der Waals surface area contributed by atoms with Gasteiger partial charge in [0.05, 0.1) is 6.26 Å². The Morgan fingerprint density at radius 3 is 2.50 bits per heavy atom. The van der Waals surface area contributed by atoms with Gasteiger partial charge in [0.25, 0.3) is 0 Å². The highest BCUT2D eigenvalue weighted by Crippen LogP contribution is 2.25. The molecule has 0 N–H and O–H groups in total. The minimum atomic E-state index is -0.472. The number of Topliss-reactive ketones (excluding diaryl/α,β-unsaturated/α-hetero) is 1. The number of hydrogen-bond acceptors (Lipinski definition) is 3. The fourth-order valence-electron chi connectivity index (χ4n) is 2.11. The van der Waals surface area contributed by atoms with E-state index in [4.69, 9.17) is 4.74 Å². The van der Waals surface area contributed by atoms with Crippen LogP contribution in [-0.2, 0) is 4.74 Å². The van der Waals surface area contributed by atoms with Gasteiger partial charge in [-0.05, 0) is 18.2 Å². The third kappa shape index (κ3) is 1.61. The standard InChI is InChI=1S/C15H10O3/c16-13-9-12(14-7-3-4-8-18-14)15(17)11-6-2-1-5-10(11)13/h1-9,14H. The zero-order valence-electron chi connectivity index (χ0n) is 9.50. The van der Waals surface area contributed by atoms with Gasteiger partial charge in [-0.25, -0.2) is 0 Å². The molecule has 18 heavy (non-hydrogen) atoms. The molecule has 3 nitrogen and oxygen atoms in total. The van der Waals surface area contributed by atoms with Crippen molar-refractivity contribution in [1.82, 2.24) is 0 Å². The van der Waals surface area contributed by atoms with Gasteiger partial charge in [0.15, 0.2) is 11.6 Å². The first kappa shape index (κ1) is 10.7. The van der Waals surface area contributed by atoms with Crippen LogP contribution in [0.15, 0.2) is 60.4 Å². The van der Waals surface area contributed by atoms with Crippen molar-refractivity contribution < 1.29 is 14.3 Å². The van der Waals surface area contributed by atoms with Crippen molar-refractivity contribution in [3.05, 3.63) is 71.5 Å². The highest BCUT2D eigenvalue weighted by Gasteiger charge is 2.29. The van der Waals surface area contributed by atoms with Gasteiger partial charge in [0.2, 0.25) is 0 Å². The van der Waals surface area contributed by atoms with Crippen LogP contribution >= 0.6 is 0 Å². The Labute approximate surface area is 104 Å². The topological polar surface area (TPSA) is 43.4 Å². The second kappa shape index (κ2) is 4.11. The van der Waals surface area contributed by atoms with Crippen molar-refractivity contribution in [2.45, 2.75) is 6.10 Å². The molecule has 0 fully saturated rings. The molecular weight excluding hydrogens is 228 g/mol. The summed E-state index contributed by atoms with van der Waals surface area (Å²) in [7, 11) is 0. The summed E-state index contributed by atoms with van der Waals surface area (Å²) in [5, 5.41) is 0. The van der Waals surface area contributed by atoms with E-state index >= 15 is 0 Å². The Balaban J connectivity index is 2.04. The summed E-state index contributed by atoms with van der Waals surface area (Å²) in [6.45, 7) is 0. The Hall–Kier alpha value is -2.42. The lowest BCUT2D eigenvalue weighted by molar-refractivity contribution is 0.0953. The molecule has 1 atom stereocenters. The molecule has 0 saturated carbocycles. The van der Waals surface area contributed by atoms with Crippen molar-refractivity contribution in [2.75, 3.05) is 0 Å². The number of carbonyl (C=O) groups is 2. The molecule has 0 spiro atoms. The summed E-state index contributed by atoms with van der Waals surface area (Å²) < 4.78 is 5.34. The first-order chi connectivity index (χ1) is 8.77. The second-order valence-electron chi connectivity index (χ2n) is 4.11. The molecule has 0 radical (unpaired) electrons. The average molecular weight is 238 g/mol. The number of rotatable bonds is 1. The predicted octanol–water partition coefficient (Wildman–Crippen LogP) is 2.46. The van der Waals surface area contributed by atoms with E-state index in [0.717, 1.165) is 0 Å². The van der Waals surface area contributed by atoms with Crippen LogP contribution in [0.2, 0.25) is 0 Å². The molecule has 88 valence electrons. The molecule has 3 heteroatoms. The highest BCUT2D eigenvalue weighted by molar-refractivity contribution is 6.25. The van der Waals surface area contributed by atoms with Crippen LogP contribution in [-0.4, -0.2) is 17.7 Å². The van der Waals surface area contributed by atoms with Crippen molar-refractivity contribution in [3.8, 4) is 0 Å². The molecule has 0 saturated heterocycles. The smallest absolute Gasteiger partial charge is 0.193 e. The Bertz CT molecular complexity index is 620. The zero-order valence-corrected chi connectivity index (χ0v) is 9.50. The third-order valence-corrected chi connectivity index (χ3v) is 2.99. The third-order valence-electron chi connectivity index (χ3n) is 2.99.